The second-order valence-corrected chi connectivity index (χ2v) is 8.51. The lowest BCUT2D eigenvalue weighted by Crippen LogP contribution is -2.46. The van der Waals surface area contributed by atoms with E-state index in [4.69, 9.17) is 5.73 Å². The maximum Gasteiger partial charge on any atom is 0.129 e. The lowest BCUT2D eigenvalue weighted by molar-refractivity contribution is 0.449. The Balaban J connectivity index is 1.33. The number of pyridine rings is 1. The molecule has 6 nitrogen and oxygen atoms in total. The normalized spacial score (nSPS) is 17.6. The van der Waals surface area contributed by atoms with Gasteiger partial charge in [-0.15, -0.1) is 0 Å². The molecule has 1 fully saturated rings. The first kappa shape index (κ1) is 20.6. The molecule has 2 atom stereocenters. The molecule has 1 aliphatic heterocycles. The van der Waals surface area contributed by atoms with E-state index in [-0.39, 0.29) is 11.9 Å². The third-order valence-electron chi connectivity index (χ3n) is 6.06. The van der Waals surface area contributed by atoms with Crippen molar-refractivity contribution in [1.82, 2.24) is 20.3 Å². The van der Waals surface area contributed by atoms with Gasteiger partial charge in [0.2, 0.25) is 0 Å². The largest absolute Gasteiger partial charge is 0.344 e. The molecular formula is C25H27FN6. The molecule has 32 heavy (non-hydrogen) atoms. The number of anilines is 1. The van der Waals surface area contributed by atoms with Gasteiger partial charge in [-0.1, -0.05) is 18.2 Å². The average Bonchev–Trinajstić information content (AvgIpc) is 3.23. The highest BCUT2D eigenvalue weighted by Gasteiger charge is 2.16. The minimum absolute atomic E-state index is 0.255. The van der Waals surface area contributed by atoms with Crippen LogP contribution in [0.1, 0.15) is 30.8 Å². The van der Waals surface area contributed by atoms with Crippen molar-refractivity contribution in [1.29, 1.82) is 0 Å². The monoisotopic (exact) mass is 430 g/mol. The van der Waals surface area contributed by atoms with E-state index in [1.807, 2.05) is 24.4 Å². The number of hydrogen-bond donors (Lipinski definition) is 3. The number of benzene rings is 2. The first-order valence-corrected chi connectivity index (χ1v) is 11.0. The van der Waals surface area contributed by atoms with E-state index in [0.29, 0.717) is 18.3 Å². The Morgan fingerprint density at radius 2 is 2.03 bits per heavy atom. The molecule has 0 bridgehead atoms. The van der Waals surface area contributed by atoms with Gasteiger partial charge in [0.05, 0.1) is 23.7 Å². The van der Waals surface area contributed by atoms with Gasteiger partial charge in [0, 0.05) is 24.3 Å². The van der Waals surface area contributed by atoms with Crippen LogP contribution < -0.4 is 16.0 Å². The molecule has 7 heteroatoms. The van der Waals surface area contributed by atoms with Crippen molar-refractivity contribution in [2.45, 2.75) is 31.8 Å². The predicted molar refractivity (Wildman–Crippen MR) is 126 cm³/mol. The molecular weight excluding hydrogens is 403 g/mol. The summed E-state index contributed by atoms with van der Waals surface area (Å²) < 4.78 is 13.5. The Morgan fingerprint density at radius 1 is 1.16 bits per heavy atom. The summed E-state index contributed by atoms with van der Waals surface area (Å²) in [5, 5.41) is 3.47. The number of nitrogens with two attached hydrogens (primary N) is 1. The number of hydrogen-bond acceptors (Lipinski definition) is 5. The second kappa shape index (κ2) is 8.68. The highest BCUT2D eigenvalue weighted by atomic mass is 19.1. The molecule has 0 amide bonds. The van der Waals surface area contributed by atoms with Gasteiger partial charge < -0.3 is 15.6 Å². The van der Waals surface area contributed by atoms with Gasteiger partial charge in [0.1, 0.15) is 17.5 Å². The molecule has 0 spiro atoms. The van der Waals surface area contributed by atoms with Crippen LogP contribution in [0.2, 0.25) is 0 Å². The quantitative estimate of drug-likeness (QED) is 0.443. The zero-order valence-corrected chi connectivity index (χ0v) is 18.1. The number of imidazole rings is 1. The summed E-state index contributed by atoms with van der Waals surface area (Å²) in [5.74, 6) is 1.43. The van der Waals surface area contributed by atoms with Crippen LogP contribution in [0.15, 0.2) is 60.8 Å². The number of aromatic amines is 1. The number of aromatic nitrogens is 3. The van der Waals surface area contributed by atoms with Crippen molar-refractivity contribution >= 4 is 16.9 Å². The lowest BCUT2D eigenvalue weighted by atomic mass is 10.1. The number of H-pyrrole nitrogens is 1. The number of halogens is 1. The molecule has 4 N–H and O–H groups in total. The topological polar surface area (TPSA) is 82.9 Å². The zero-order chi connectivity index (χ0) is 22.1. The van der Waals surface area contributed by atoms with Gasteiger partial charge in [-0.3, -0.25) is 5.32 Å². The van der Waals surface area contributed by atoms with Crippen LogP contribution in [0.4, 0.5) is 10.2 Å². The van der Waals surface area contributed by atoms with Crippen molar-refractivity contribution in [3.05, 3.63) is 78.0 Å². The van der Waals surface area contributed by atoms with Crippen molar-refractivity contribution in [2.24, 2.45) is 5.73 Å². The van der Waals surface area contributed by atoms with Gasteiger partial charge in [-0.05, 0) is 67.3 Å². The van der Waals surface area contributed by atoms with E-state index in [2.05, 4.69) is 50.3 Å². The smallest absolute Gasteiger partial charge is 0.129 e. The van der Waals surface area contributed by atoms with Crippen molar-refractivity contribution in [2.75, 3.05) is 18.1 Å². The molecule has 0 aliphatic carbocycles. The van der Waals surface area contributed by atoms with Crippen LogP contribution >= 0.6 is 0 Å². The summed E-state index contributed by atoms with van der Waals surface area (Å²) in [6.07, 6.45) is 3.55. The molecule has 1 unspecified atom stereocenters. The Kier molecular flexibility index (Phi) is 5.59. The Labute approximate surface area is 186 Å². The lowest BCUT2D eigenvalue weighted by Gasteiger charge is -2.32. The van der Waals surface area contributed by atoms with Gasteiger partial charge in [-0.2, -0.15) is 0 Å². The maximum absolute atomic E-state index is 13.5. The Bertz CT molecular complexity index is 1210. The molecule has 1 saturated heterocycles. The zero-order valence-electron chi connectivity index (χ0n) is 18.1. The third kappa shape index (κ3) is 4.35. The second-order valence-electron chi connectivity index (χ2n) is 8.51. The molecule has 1 aliphatic rings. The molecule has 3 heterocycles. The van der Waals surface area contributed by atoms with Crippen LogP contribution in [0.5, 0.6) is 0 Å². The molecule has 0 radical (unpaired) electrons. The fourth-order valence-corrected chi connectivity index (χ4v) is 4.14. The molecule has 5 rings (SSSR count). The van der Waals surface area contributed by atoms with E-state index in [1.165, 1.54) is 12.1 Å². The SMILES string of the molecule is CC1CCN(c2ccc(-c3ccc4nc([C@H](N)Cc5cccc(F)c5)[nH]c4c3)cn2)CN1. The molecule has 4 aromatic rings. The van der Waals surface area contributed by atoms with E-state index >= 15 is 0 Å². The summed E-state index contributed by atoms with van der Waals surface area (Å²) in [6.45, 7) is 4.05. The summed E-state index contributed by atoms with van der Waals surface area (Å²) >= 11 is 0. The number of fused-ring (bicyclic) bond motifs is 1. The molecule has 164 valence electrons. The summed E-state index contributed by atoms with van der Waals surface area (Å²) in [4.78, 5) is 14.9. The standard InChI is InChI=1S/C25H27FN6/c1-16-9-10-32(15-29-16)24-8-6-19(14-28-24)18-5-7-22-23(13-18)31-25(30-22)21(27)12-17-3-2-4-20(26)11-17/h2-8,11,13-14,16,21,29H,9-10,12,15,27H2,1H3,(H,30,31)/t16?,21-/m1/s1. The van der Waals surface area contributed by atoms with E-state index in [9.17, 15) is 4.39 Å². The van der Waals surface area contributed by atoms with Gasteiger partial charge >= 0.3 is 0 Å². The van der Waals surface area contributed by atoms with Crippen molar-refractivity contribution in [3.8, 4) is 11.1 Å². The fraction of sp³-hybridized carbons (Fsp3) is 0.280. The minimum atomic E-state index is -0.338. The van der Waals surface area contributed by atoms with Crippen LogP contribution in [0.25, 0.3) is 22.2 Å². The molecule has 2 aromatic carbocycles. The van der Waals surface area contributed by atoms with E-state index < -0.39 is 0 Å². The summed E-state index contributed by atoms with van der Waals surface area (Å²) in [5.41, 5.74) is 11.1. The highest BCUT2D eigenvalue weighted by Crippen LogP contribution is 2.26. The Morgan fingerprint density at radius 3 is 2.78 bits per heavy atom. The third-order valence-corrected chi connectivity index (χ3v) is 6.06. The van der Waals surface area contributed by atoms with Crippen molar-refractivity contribution < 1.29 is 4.39 Å². The summed E-state index contributed by atoms with van der Waals surface area (Å²) in [7, 11) is 0. The van der Waals surface area contributed by atoms with Crippen LogP contribution in [-0.2, 0) is 6.42 Å². The van der Waals surface area contributed by atoms with Gasteiger partial charge in [0.15, 0.2) is 0 Å². The molecule has 0 saturated carbocycles. The fourth-order valence-electron chi connectivity index (χ4n) is 4.14. The van der Waals surface area contributed by atoms with E-state index in [0.717, 1.165) is 53.2 Å². The van der Waals surface area contributed by atoms with Crippen molar-refractivity contribution in [3.63, 3.8) is 0 Å². The Hall–Kier alpha value is -3.29. The van der Waals surface area contributed by atoms with Crippen LogP contribution in [0.3, 0.4) is 0 Å². The predicted octanol–water partition coefficient (Wildman–Crippen LogP) is 4.15. The number of rotatable bonds is 5. The van der Waals surface area contributed by atoms with Gasteiger partial charge in [0.25, 0.3) is 0 Å². The van der Waals surface area contributed by atoms with E-state index in [1.54, 1.807) is 6.07 Å². The maximum atomic E-state index is 13.5. The number of nitrogens with one attached hydrogen (secondary N) is 2. The first-order chi connectivity index (χ1) is 15.5. The highest BCUT2D eigenvalue weighted by molar-refractivity contribution is 5.82. The summed E-state index contributed by atoms with van der Waals surface area (Å²) in [6, 6.07) is 17.0. The average molecular weight is 431 g/mol. The number of nitrogens with zero attached hydrogens (tertiary/aromatic N) is 3. The molecule has 2 aromatic heterocycles. The van der Waals surface area contributed by atoms with Crippen LogP contribution in [-0.4, -0.2) is 34.2 Å². The van der Waals surface area contributed by atoms with Gasteiger partial charge in [-0.25, -0.2) is 14.4 Å². The minimum Gasteiger partial charge on any atom is -0.344 e. The van der Waals surface area contributed by atoms with Crippen LogP contribution in [0, 0.1) is 5.82 Å². The first-order valence-electron chi connectivity index (χ1n) is 11.0.